The molecule has 1 aromatic heterocycles. The molecule has 0 spiro atoms. The number of hydrogen-bond acceptors (Lipinski definition) is 6. The first kappa shape index (κ1) is 18.0. The number of rotatable bonds is 5. The van der Waals surface area contributed by atoms with Crippen molar-refractivity contribution in [1.29, 1.82) is 0 Å². The van der Waals surface area contributed by atoms with Gasteiger partial charge in [0, 0.05) is 24.8 Å². The Bertz CT molecular complexity index is 970. The van der Waals surface area contributed by atoms with Crippen molar-refractivity contribution >= 4 is 15.9 Å². The van der Waals surface area contributed by atoms with Gasteiger partial charge in [-0.2, -0.15) is 0 Å². The highest BCUT2D eigenvalue weighted by atomic mass is 32.2. The molecule has 1 amide bonds. The topological polar surface area (TPSA) is 116 Å². The fourth-order valence-electron chi connectivity index (χ4n) is 2.28. The molecular weight excluding hydrogens is 362 g/mol. The van der Waals surface area contributed by atoms with E-state index in [9.17, 15) is 18.0 Å². The lowest BCUT2D eigenvalue weighted by atomic mass is 10.3. The van der Waals surface area contributed by atoms with Crippen LogP contribution in [0, 0.1) is 0 Å². The number of benzene rings is 1. The van der Waals surface area contributed by atoms with Gasteiger partial charge in [-0.1, -0.05) is 6.07 Å². The van der Waals surface area contributed by atoms with Crippen LogP contribution in [0.4, 0.5) is 0 Å². The molecule has 0 atom stereocenters. The average Bonchev–Trinajstić information content (AvgIpc) is 2.87. The lowest BCUT2D eigenvalue weighted by molar-refractivity contribution is -0.122. The second kappa shape index (κ2) is 7.58. The second-order valence-electron chi connectivity index (χ2n) is 5.48. The van der Waals surface area contributed by atoms with Gasteiger partial charge in [0.1, 0.15) is 6.54 Å². The largest absolute Gasteiger partial charge is 0.490 e. The van der Waals surface area contributed by atoms with Crippen LogP contribution in [0.2, 0.25) is 0 Å². The number of amides is 1. The maximum atomic E-state index is 12.3. The standard InChI is InChI=1S/C16H17N3O6S/c20-15(11-19-7-2-1-4-16(19)21)17-18-26(22,23)12-5-6-13-14(10-12)25-9-3-8-24-13/h1-2,4-7,10,18H,3,8-9,11H2,(H,17,20). The molecule has 9 nitrogen and oxygen atoms in total. The minimum Gasteiger partial charge on any atom is -0.490 e. The number of carbonyl (C=O) groups excluding carboxylic acids is 1. The predicted octanol–water partition coefficient (Wildman–Crippen LogP) is 0.0193. The van der Waals surface area contributed by atoms with Crippen LogP contribution in [0.3, 0.4) is 0 Å². The number of nitrogens with zero attached hydrogens (tertiary/aromatic N) is 1. The van der Waals surface area contributed by atoms with E-state index in [1.54, 1.807) is 12.1 Å². The number of fused-ring (bicyclic) bond motifs is 1. The van der Waals surface area contributed by atoms with Crippen LogP contribution in [0.25, 0.3) is 0 Å². The van der Waals surface area contributed by atoms with Crippen molar-refractivity contribution in [3.8, 4) is 11.5 Å². The number of pyridine rings is 1. The summed E-state index contributed by atoms with van der Waals surface area (Å²) < 4.78 is 36.7. The Labute approximate surface area is 149 Å². The molecule has 2 aromatic rings. The zero-order valence-corrected chi connectivity index (χ0v) is 14.5. The summed E-state index contributed by atoms with van der Waals surface area (Å²) in [4.78, 5) is 25.4. The van der Waals surface area contributed by atoms with Crippen molar-refractivity contribution in [3.63, 3.8) is 0 Å². The highest BCUT2D eigenvalue weighted by Crippen LogP contribution is 2.31. The van der Waals surface area contributed by atoms with E-state index in [1.807, 2.05) is 4.83 Å². The summed E-state index contributed by atoms with van der Waals surface area (Å²) in [5.41, 5.74) is 1.71. The molecule has 0 radical (unpaired) electrons. The van der Waals surface area contributed by atoms with Crippen LogP contribution in [-0.4, -0.2) is 32.1 Å². The van der Waals surface area contributed by atoms with E-state index in [0.29, 0.717) is 31.1 Å². The highest BCUT2D eigenvalue weighted by Gasteiger charge is 2.19. The number of aromatic nitrogens is 1. The first-order valence-electron chi connectivity index (χ1n) is 7.81. The van der Waals surface area contributed by atoms with Crippen molar-refractivity contribution < 1.29 is 22.7 Å². The van der Waals surface area contributed by atoms with Crippen molar-refractivity contribution in [2.75, 3.05) is 13.2 Å². The number of sulfonamides is 1. The minimum atomic E-state index is -4.01. The summed E-state index contributed by atoms with van der Waals surface area (Å²) in [6.07, 6.45) is 2.13. The fourth-order valence-corrected chi connectivity index (χ4v) is 3.15. The van der Waals surface area contributed by atoms with Gasteiger partial charge in [0.15, 0.2) is 11.5 Å². The van der Waals surface area contributed by atoms with Crippen LogP contribution in [0.1, 0.15) is 6.42 Å². The van der Waals surface area contributed by atoms with Crippen LogP contribution >= 0.6 is 0 Å². The maximum Gasteiger partial charge on any atom is 0.257 e. The van der Waals surface area contributed by atoms with Crippen molar-refractivity contribution in [2.45, 2.75) is 17.9 Å². The molecule has 2 heterocycles. The summed E-state index contributed by atoms with van der Waals surface area (Å²) >= 11 is 0. The Morgan fingerprint density at radius 1 is 1.12 bits per heavy atom. The first-order chi connectivity index (χ1) is 12.5. The van der Waals surface area contributed by atoms with E-state index < -0.39 is 15.9 Å². The molecule has 0 saturated carbocycles. The number of hydrazine groups is 1. The smallest absolute Gasteiger partial charge is 0.257 e. The SMILES string of the molecule is O=C(Cn1ccccc1=O)NNS(=O)(=O)c1ccc2c(c1)OCCCO2. The fraction of sp³-hybridized carbons (Fsp3) is 0.250. The van der Waals surface area contributed by atoms with E-state index in [4.69, 9.17) is 9.47 Å². The lowest BCUT2D eigenvalue weighted by Crippen LogP contribution is -2.44. The number of nitrogens with one attached hydrogen (secondary N) is 2. The average molecular weight is 379 g/mol. The molecule has 2 N–H and O–H groups in total. The van der Waals surface area contributed by atoms with Crippen LogP contribution < -0.4 is 25.3 Å². The van der Waals surface area contributed by atoms with Crippen molar-refractivity contribution in [3.05, 3.63) is 52.9 Å². The van der Waals surface area contributed by atoms with Gasteiger partial charge in [0.25, 0.3) is 21.5 Å². The highest BCUT2D eigenvalue weighted by molar-refractivity contribution is 7.89. The number of hydrogen-bond donors (Lipinski definition) is 2. The van der Waals surface area contributed by atoms with Crippen LogP contribution in [-0.2, 0) is 21.4 Å². The normalized spacial score (nSPS) is 13.7. The zero-order valence-electron chi connectivity index (χ0n) is 13.7. The van der Waals surface area contributed by atoms with Gasteiger partial charge >= 0.3 is 0 Å². The predicted molar refractivity (Wildman–Crippen MR) is 91.2 cm³/mol. The molecule has 3 rings (SSSR count). The number of carbonyl (C=O) groups is 1. The molecule has 26 heavy (non-hydrogen) atoms. The molecule has 0 fully saturated rings. The molecule has 0 unspecified atom stereocenters. The molecule has 1 aliphatic heterocycles. The molecule has 1 aromatic carbocycles. The summed E-state index contributed by atoms with van der Waals surface area (Å²) in [5, 5.41) is 0. The van der Waals surface area contributed by atoms with Crippen LogP contribution in [0.15, 0.2) is 52.3 Å². The minimum absolute atomic E-state index is 0.0843. The van der Waals surface area contributed by atoms with Crippen molar-refractivity contribution in [2.24, 2.45) is 0 Å². The quantitative estimate of drug-likeness (QED) is 0.708. The van der Waals surface area contributed by atoms with E-state index in [1.165, 1.54) is 30.5 Å². The van der Waals surface area contributed by atoms with E-state index >= 15 is 0 Å². The Balaban J connectivity index is 1.67. The molecule has 0 saturated heterocycles. The van der Waals surface area contributed by atoms with Gasteiger partial charge < -0.3 is 14.0 Å². The summed E-state index contributed by atoms with van der Waals surface area (Å²) in [5.74, 6) is 0.109. The molecule has 1 aliphatic rings. The van der Waals surface area contributed by atoms with E-state index in [-0.39, 0.29) is 17.0 Å². The molecule has 0 aliphatic carbocycles. The van der Waals surface area contributed by atoms with Crippen LogP contribution in [0.5, 0.6) is 11.5 Å². The molecule has 10 heteroatoms. The number of ether oxygens (including phenoxy) is 2. The Kier molecular flexibility index (Phi) is 5.24. The molecule has 0 bridgehead atoms. The third kappa shape index (κ3) is 4.21. The third-order valence-electron chi connectivity index (χ3n) is 3.57. The first-order valence-corrected chi connectivity index (χ1v) is 9.30. The van der Waals surface area contributed by atoms with Gasteiger partial charge in [-0.15, -0.1) is 4.83 Å². The molecule has 138 valence electrons. The Morgan fingerprint density at radius 3 is 2.65 bits per heavy atom. The lowest BCUT2D eigenvalue weighted by Gasteiger charge is -2.12. The maximum absolute atomic E-state index is 12.3. The summed E-state index contributed by atoms with van der Waals surface area (Å²) in [6.45, 7) is 0.599. The molecular formula is C16H17N3O6S. The third-order valence-corrected chi connectivity index (χ3v) is 4.81. The Morgan fingerprint density at radius 2 is 1.88 bits per heavy atom. The summed E-state index contributed by atoms with van der Waals surface area (Å²) in [7, 11) is -4.01. The Hall–Kier alpha value is -2.85. The van der Waals surface area contributed by atoms with E-state index in [0.717, 1.165) is 4.57 Å². The van der Waals surface area contributed by atoms with Gasteiger partial charge in [0.05, 0.1) is 18.1 Å². The van der Waals surface area contributed by atoms with Crippen molar-refractivity contribution in [1.82, 2.24) is 14.8 Å². The second-order valence-corrected chi connectivity index (χ2v) is 7.16. The van der Waals surface area contributed by atoms with E-state index in [2.05, 4.69) is 5.43 Å². The monoisotopic (exact) mass is 379 g/mol. The van der Waals surface area contributed by atoms with Gasteiger partial charge in [-0.05, 0) is 18.2 Å². The van der Waals surface area contributed by atoms with Gasteiger partial charge in [-0.3, -0.25) is 15.0 Å². The zero-order chi connectivity index (χ0) is 18.6. The summed E-state index contributed by atoms with van der Waals surface area (Å²) in [6, 6.07) is 8.62. The van der Waals surface area contributed by atoms with Gasteiger partial charge in [0.2, 0.25) is 0 Å². The van der Waals surface area contributed by atoms with Gasteiger partial charge in [-0.25, -0.2) is 8.42 Å².